The highest BCUT2D eigenvalue weighted by Gasteiger charge is 2.20. The number of furan rings is 1. The summed E-state index contributed by atoms with van der Waals surface area (Å²) in [4.78, 5) is 24.8. The first-order valence-electron chi connectivity index (χ1n) is 7.60. The first kappa shape index (κ1) is 17.7. The van der Waals surface area contributed by atoms with Gasteiger partial charge in [0.15, 0.2) is 0 Å². The number of nitrogens with zero attached hydrogens (tertiary/aromatic N) is 1. The number of rotatable bonds is 6. The van der Waals surface area contributed by atoms with Gasteiger partial charge in [0, 0.05) is 13.5 Å². The third-order valence-electron chi connectivity index (χ3n) is 3.93. The zero-order chi connectivity index (χ0) is 17.9. The number of carboxylic acids is 1. The molecule has 0 saturated carbocycles. The van der Waals surface area contributed by atoms with Crippen molar-refractivity contribution in [2.24, 2.45) is 0 Å². The van der Waals surface area contributed by atoms with E-state index in [9.17, 15) is 14.0 Å². The molecule has 2 aromatic rings. The van der Waals surface area contributed by atoms with Crippen LogP contribution in [0.15, 0.2) is 34.7 Å². The average Bonchev–Trinajstić information content (AvgIpc) is 2.88. The van der Waals surface area contributed by atoms with E-state index in [0.717, 1.165) is 0 Å². The number of carbonyl (C=O) groups excluding carboxylic acids is 1. The number of aryl methyl sites for hydroxylation is 1. The molecule has 0 spiro atoms. The molecule has 6 heteroatoms. The average molecular weight is 333 g/mol. The van der Waals surface area contributed by atoms with Crippen LogP contribution in [-0.2, 0) is 11.3 Å². The van der Waals surface area contributed by atoms with Crippen LogP contribution in [0.2, 0.25) is 0 Å². The summed E-state index contributed by atoms with van der Waals surface area (Å²) in [7, 11) is 1.61. The lowest BCUT2D eigenvalue weighted by Crippen LogP contribution is -2.27. The number of aromatic carboxylic acids is 1. The fourth-order valence-electron chi connectivity index (χ4n) is 2.56. The van der Waals surface area contributed by atoms with Crippen LogP contribution in [-0.4, -0.2) is 28.9 Å². The van der Waals surface area contributed by atoms with E-state index in [4.69, 9.17) is 9.52 Å². The number of amides is 1. The van der Waals surface area contributed by atoms with Crippen molar-refractivity contribution in [2.45, 2.75) is 32.7 Å². The minimum absolute atomic E-state index is 0.0885. The van der Waals surface area contributed by atoms with Gasteiger partial charge in [0.25, 0.3) is 0 Å². The summed E-state index contributed by atoms with van der Waals surface area (Å²) < 4.78 is 19.1. The fourth-order valence-corrected chi connectivity index (χ4v) is 2.56. The Bertz CT molecular complexity index is 753. The maximum absolute atomic E-state index is 13.8. The minimum atomic E-state index is -1.07. The maximum atomic E-state index is 13.8. The van der Waals surface area contributed by atoms with E-state index in [1.807, 2.05) is 0 Å². The second-order valence-electron chi connectivity index (χ2n) is 5.86. The number of benzene rings is 1. The molecule has 24 heavy (non-hydrogen) atoms. The number of hydrogen-bond donors (Lipinski definition) is 1. The summed E-state index contributed by atoms with van der Waals surface area (Å²) >= 11 is 0. The molecule has 0 radical (unpaired) electrons. The van der Waals surface area contributed by atoms with E-state index in [2.05, 4.69) is 0 Å². The molecule has 0 saturated heterocycles. The van der Waals surface area contributed by atoms with Crippen molar-refractivity contribution < 1.29 is 23.5 Å². The van der Waals surface area contributed by atoms with Crippen molar-refractivity contribution in [1.29, 1.82) is 0 Å². The second-order valence-corrected chi connectivity index (χ2v) is 5.86. The quantitative estimate of drug-likeness (QED) is 0.877. The summed E-state index contributed by atoms with van der Waals surface area (Å²) in [6.45, 7) is 3.52. The van der Waals surface area contributed by atoms with Gasteiger partial charge in [-0.1, -0.05) is 25.1 Å². The van der Waals surface area contributed by atoms with Crippen molar-refractivity contribution >= 4 is 11.9 Å². The molecule has 1 amide bonds. The number of halogens is 1. The molecule has 0 bridgehead atoms. The highest BCUT2D eigenvalue weighted by molar-refractivity contribution is 5.88. The van der Waals surface area contributed by atoms with Gasteiger partial charge in [0.2, 0.25) is 5.91 Å². The standard InChI is InChI=1S/C18H20FNO4/c1-11(14-6-4-5-7-16(14)19)8-17(21)20(3)10-13-9-15(18(22)23)12(2)24-13/h4-7,9,11H,8,10H2,1-3H3,(H,22,23). The Labute approximate surface area is 139 Å². The number of hydrogen-bond acceptors (Lipinski definition) is 3. The number of carboxylic acid groups (broad SMARTS) is 1. The van der Waals surface area contributed by atoms with Crippen LogP contribution in [0.1, 0.15) is 46.7 Å². The van der Waals surface area contributed by atoms with Gasteiger partial charge >= 0.3 is 5.97 Å². The van der Waals surface area contributed by atoms with E-state index in [0.29, 0.717) is 17.1 Å². The Hall–Kier alpha value is -2.63. The van der Waals surface area contributed by atoms with Crippen LogP contribution in [0.5, 0.6) is 0 Å². The van der Waals surface area contributed by atoms with Crippen molar-refractivity contribution in [2.75, 3.05) is 7.05 Å². The van der Waals surface area contributed by atoms with Crippen molar-refractivity contribution in [3.05, 3.63) is 58.8 Å². The molecule has 1 aromatic heterocycles. The molecule has 1 heterocycles. The second kappa shape index (κ2) is 7.29. The van der Waals surface area contributed by atoms with Crippen LogP contribution in [0, 0.1) is 12.7 Å². The first-order chi connectivity index (χ1) is 11.3. The molecule has 128 valence electrons. The predicted octanol–water partition coefficient (Wildman–Crippen LogP) is 3.58. The predicted molar refractivity (Wildman–Crippen MR) is 86.3 cm³/mol. The lowest BCUT2D eigenvalue weighted by atomic mass is 9.96. The van der Waals surface area contributed by atoms with Crippen LogP contribution in [0.4, 0.5) is 4.39 Å². The number of carbonyl (C=O) groups is 2. The lowest BCUT2D eigenvalue weighted by molar-refractivity contribution is -0.131. The van der Waals surface area contributed by atoms with Gasteiger partial charge in [-0.15, -0.1) is 0 Å². The molecule has 0 fully saturated rings. The van der Waals surface area contributed by atoms with E-state index in [1.165, 1.54) is 17.0 Å². The molecule has 1 aromatic carbocycles. The van der Waals surface area contributed by atoms with Crippen molar-refractivity contribution in [1.82, 2.24) is 4.90 Å². The SMILES string of the molecule is Cc1oc(CN(C)C(=O)CC(C)c2ccccc2F)cc1C(=O)O. The van der Waals surface area contributed by atoms with Gasteiger partial charge in [0.1, 0.15) is 22.9 Å². The Morgan fingerprint density at radius 3 is 2.58 bits per heavy atom. The Morgan fingerprint density at radius 2 is 2.00 bits per heavy atom. The van der Waals surface area contributed by atoms with Gasteiger partial charge in [-0.25, -0.2) is 9.18 Å². The van der Waals surface area contributed by atoms with Gasteiger partial charge in [-0.05, 0) is 30.5 Å². The third kappa shape index (κ3) is 4.01. The smallest absolute Gasteiger partial charge is 0.339 e. The van der Waals surface area contributed by atoms with Crippen LogP contribution in [0.25, 0.3) is 0 Å². The van der Waals surface area contributed by atoms with E-state index in [1.54, 1.807) is 39.1 Å². The van der Waals surface area contributed by atoms with Crippen LogP contribution in [0.3, 0.4) is 0 Å². The molecule has 2 rings (SSSR count). The van der Waals surface area contributed by atoms with E-state index < -0.39 is 5.97 Å². The van der Waals surface area contributed by atoms with Crippen molar-refractivity contribution in [3.8, 4) is 0 Å². The minimum Gasteiger partial charge on any atom is -0.478 e. The highest BCUT2D eigenvalue weighted by Crippen LogP contribution is 2.23. The van der Waals surface area contributed by atoms with Crippen molar-refractivity contribution in [3.63, 3.8) is 0 Å². The fraction of sp³-hybridized carbons (Fsp3) is 0.333. The molecule has 0 aliphatic carbocycles. The largest absolute Gasteiger partial charge is 0.478 e. The Balaban J connectivity index is 2.01. The van der Waals surface area contributed by atoms with E-state index >= 15 is 0 Å². The van der Waals surface area contributed by atoms with Gasteiger partial charge < -0.3 is 14.4 Å². The summed E-state index contributed by atoms with van der Waals surface area (Å²) in [5.74, 6) is -1.11. The first-order valence-corrected chi connectivity index (χ1v) is 7.60. The molecule has 1 unspecified atom stereocenters. The van der Waals surface area contributed by atoms with Crippen LogP contribution < -0.4 is 0 Å². The summed E-state index contributed by atoms with van der Waals surface area (Å²) in [6.07, 6.45) is 0.156. The lowest BCUT2D eigenvalue weighted by Gasteiger charge is -2.19. The molecular weight excluding hydrogens is 313 g/mol. The third-order valence-corrected chi connectivity index (χ3v) is 3.93. The van der Waals surface area contributed by atoms with Crippen LogP contribution >= 0.6 is 0 Å². The molecular formula is C18H20FNO4. The van der Waals surface area contributed by atoms with E-state index in [-0.39, 0.29) is 36.2 Å². The Kier molecular flexibility index (Phi) is 5.39. The maximum Gasteiger partial charge on any atom is 0.339 e. The zero-order valence-electron chi connectivity index (χ0n) is 13.9. The molecule has 5 nitrogen and oxygen atoms in total. The summed E-state index contributed by atoms with van der Waals surface area (Å²) in [5.41, 5.74) is 0.590. The van der Waals surface area contributed by atoms with Gasteiger partial charge in [0.05, 0.1) is 6.54 Å². The summed E-state index contributed by atoms with van der Waals surface area (Å²) in [6, 6.07) is 7.81. The monoisotopic (exact) mass is 333 g/mol. The van der Waals surface area contributed by atoms with Gasteiger partial charge in [-0.2, -0.15) is 0 Å². The molecule has 1 atom stereocenters. The zero-order valence-corrected chi connectivity index (χ0v) is 13.9. The highest BCUT2D eigenvalue weighted by atomic mass is 19.1. The topological polar surface area (TPSA) is 70.8 Å². The molecule has 0 aliphatic rings. The molecule has 0 aliphatic heterocycles. The van der Waals surface area contributed by atoms with Gasteiger partial charge in [-0.3, -0.25) is 4.79 Å². The Morgan fingerprint density at radius 1 is 1.33 bits per heavy atom. The normalized spacial score (nSPS) is 12.0. The summed E-state index contributed by atoms with van der Waals surface area (Å²) in [5, 5.41) is 9.02. The molecule has 1 N–H and O–H groups in total.